The molecule has 1 aliphatic heterocycles. The maximum absolute atomic E-state index is 9.89. The van der Waals surface area contributed by atoms with Crippen LogP contribution in [0.3, 0.4) is 0 Å². The first kappa shape index (κ1) is 30.4. The maximum Gasteiger partial charge on any atom is 0.268 e. The SMILES string of the molecule is [2H]c1c([2H])c([2H])c(-c2ccc(-c3c([2H])c([2H])c([2H])c([2H])c3[2H])c3c2-c2c([2H])c([2H])c([2H])c([2H])c2-c2ccccc2-c2cccc4c2[n+]-3[c-]n4-c2[c-]c(Oc3[c-]c4c(cc3)c3ccccc3n4-c3cc(C(C)(C)C)ccn3)ccc2)c([2H])c1[2H].[Pt]. The molecule has 0 radical (unpaired) electrons. The molecule has 0 saturated carbocycles. The van der Waals surface area contributed by atoms with Gasteiger partial charge >= 0.3 is 0 Å². The van der Waals surface area contributed by atoms with Crippen LogP contribution in [0.1, 0.15) is 45.5 Å². The second kappa shape index (κ2) is 17.1. The van der Waals surface area contributed by atoms with Crippen molar-refractivity contribution in [3.8, 4) is 84.3 Å². The molecule has 0 amide bonds. The van der Waals surface area contributed by atoms with Crippen molar-refractivity contribution in [3.05, 3.63) is 236 Å². The van der Waals surface area contributed by atoms with Gasteiger partial charge in [-0.05, 0) is 90.3 Å². The van der Waals surface area contributed by atoms with E-state index in [4.69, 9.17) is 19.3 Å². The molecule has 0 aliphatic carbocycles. The van der Waals surface area contributed by atoms with Crippen LogP contribution >= 0.6 is 0 Å². The summed E-state index contributed by atoms with van der Waals surface area (Å²) in [6.07, 6.45) is 5.32. The molecular formula is C64H44N4OPt-2. The Kier molecular flexibility index (Phi) is 7.44. The number of fused-ring (bicyclic) bond motifs is 10. The van der Waals surface area contributed by atoms with Crippen LogP contribution in [0.25, 0.3) is 106 Å². The standard InChI is InChI=1S/C64H44N4O.Pt/c1-64(2,3)44-36-37-65-60(38-44)68-57-30-15-14-27-53(57)54-33-32-47(40-59(54)68)69-46-23-16-22-45(39-46)66-41-67-62-56(29-17-31-58(62)66)52-26-11-10-24-50(52)51-25-12-13-28-55(51)61-48(42-18-6-4-7-19-42)34-35-49(63(61)67)43-20-8-5-9-21-43;/h4-38H,1-3H3;/q-2;/i4D,5D,6D,7D,8D,9D,12D,13D,18D,19D,20D,21D,25D,28D;. The topological polar surface area (TPSA) is 35.9 Å². The van der Waals surface area contributed by atoms with Crippen LogP contribution < -0.4 is 9.30 Å². The fourth-order valence-corrected chi connectivity index (χ4v) is 9.53. The molecule has 70 heavy (non-hydrogen) atoms. The average Bonchev–Trinajstić information content (AvgIpc) is 1.60. The number of hydrogen-bond acceptors (Lipinski definition) is 2. The number of rotatable bonds is 6. The van der Waals surface area contributed by atoms with Crippen molar-refractivity contribution < 1.29 is 49.6 Å². The fourth-order valence-electron chi connectivity index (χ4n) is 9.53. The predicted molar refractivity (Wildman–Crippen MR) is 279 cm³/mol. The van der Waals surface area contributed by atoms with E-state index >= 15 is 0 Å². The third-order valence-electron chi connectivity index (χ3n) is 12.7. The van der Waals surface area contributed by atoms with Gasteiger partial charge in [-0.1, -0.05) is 184 Å². The van der Waals surface area contributed by atoms with Crippen molar-refractivity contribution in [1.29, 1.82) is 0 Å². The number of pyridine rings is 1. The van der Waals surface area contributed by atoms with E-state index in [9.17, 15) is 9.60 Å². The van der Waals surface area contributed by atoms with Gasteiger partial charge in [0.2, 0.25) is 0 Å². The Bertz CT molecular complexity index is 4780. The van der Waals surface area contributed by atoms with E-state index in [0.29, 0.717) is 39.2 Å². The normalized spacial score (nSPS) is 14.6. The summed E-state index contributed by atoms with van der Waals surface area (Å²) >= 11 is 0. The fraction of sp³-hybridized carbons (Fsp3) is 0.0625. The summed E-state index contributed by atoms with van der Waals surface area (Å²) in [6, 6.07) is 35.0. The number of imidazole rings is 1. The minimum absolute atomic E-state index is 0. The van der Waals surface area contributed by atoms with E-state index < -0.39 is 84.6 Å². The zero-order valence-electron chi connectivity index (χ0n) is 51.6. The van der Waals surface area contributed by atoms with Gasteiger partial charge in [0.25, 0.3) is 6.33 Å². The second-order valence-corrected chi connectivity index (χ2v) is 17.7. The van der Waals surface area contributed by atoms with Crippen LogP contribution in [0.4, 0.5) is 0 Å². The first-order chi connectivity index (χ1) is 39.7. The summed E-state index contributed by atoms with van der Waals surface area (Å²) in [5.74, 6) is 1.38. The van der Waals surface area contributed by atoms with Gasteiger partial charge < -0.3 is 13.9 Å². The molecule has 0 saturated heterocycles. The van der Waals surface area contributed by atoms with Gasteiger partial charge in [0.05, 0.1) is 35.9 Å². The monoisotopic (exact) mass is 1090 g/mol. The van der Waals surface area contributed by atoms with Crippen LogP contribution in [0.2, 0.25) is 0 Å². The molecule has 6 heteroatoms. The smallest absolute Gasteiger partial charge is 0.268 e. The summed E-state index contributed by atoms with van der Waals surface area (Å²) in [5, 5.41) is 1.95. The Labute approximate surface area is 441 Å². The number of para-hydroxylation sites is 2. The molecule has 0 spiro atoms. The number of nitrogens with zero attached hydrogens (tertiary/aromatic N) is 4. The molecule has 1 aliphatic rings. The number of aromatic nitrogens is 4. The molecule has 5 nitrogen and oxygen atoms in total. The van der Waals surface area contributed by atoms with Gasteiger partial charge in [-0.3, -0.25) is 4.57 Å². The van der Waals surface area contributed by atoms with E-state index in [-0.39, 0.29) is 76.9 Å². The summed E-state index contributed by atoms with van der Waals surface area (Å²) in [7, 11) is 0. The van der Waals surface area contributed by atoms with Gasteiger partial charge in [-0.2, -0.15) is 18.2 Å². The minimum atomic E-state index is -0.674. The van der Waals surface area contributed by atoms with E-state index in [1.165, 1.54) is 12.1 Å². The average molecular weight is 1090 g/mol. The molecule has 3 aromatic heterocycles. The van der Waals surface area contributed by atoms with Crippen molar-refractivity contribution in [2.24, 2.45) is 0 Å². The number of benzene rings is 9. The van der Waals surface area contributed by atoms with Crippen molar-refractivity contribution in [2.45, 2.75) is 26.2 Å². The molecule has 9 aromatic carbocycles. The first-order valence-corrected chi connectivity index (χ1v) is 22.3. The first-order valence-electron chi connectivity index (χ1n) is 29.3. The quantitative estimate of drug-likeness (QED) is 0.123. The molecule has 12 aromatic rings. The Morgan fingerprint density at radius 3 is 1.99 bits per heavy atom. The Morgan fingerprint density at radius 2 is 1.20 bits per heavy atom. The molecule has 0 fully saturated rings. The maximum atomic E-state index is 9.89. The second-order valence-electron chi connectivity index (χ2n) is 17.7. The summed E-state index contributed by atoms with van der Waals surface area (Å²) in [5.41, 5.74) is 4.26. The summed E-state index contributed by atoms with van der Waals surface area (Å²) in [4.78, 5) is 4.82. The molecular weight excluding hydrogens is 1040 g/mol. The minimum Gasteiger partial charge on any atom is -0.510 e. The van der Waals surface area contributed by atoms with Gasteiger partial charge in [-0.25, -0.2) is 4.98 Å². The summed E-state index contributed by atoms with van der Waals surface area (Å²) < 4.78 is 140. The van der Waals surface area contributed by atoms with Gasteiger partial charge in [0.1, 0.15) is 5.82 Å². The molecule has 0 bridgehead atoms. The van der Waals surface area contributed by atoms with Crippen LogP contribution in [0.5, 0.6) is 11.5 Å². The van der Waals surface area contributed by atoms with E-state index in [0.717, 1.165) is 33.2 Å². The zero-order valence-corrected chi connectivity index (χ0v) is 39.9. The van der Waals surface area contributed by atoms with Crippen molar-refractivity contribution in [1.82, 2.24) is 14.1 Å². The van der Waals surface area contributed by atoms with Crippen LogP contribution in [0.15, 0.2) is 212 Å². The van der Waals surface area contributed by atoms with Crippen molar-refractivity contribution >= 4 is 32.8 Å². The van der Waals surface area contributed by atoms with E-state index in [2.05, 4.69) is 55.9 Å². The van der Waals surface area contributed by atoms with Crippen molar-refractivity contribution in [2.75, 3.05) is 0 Å². The Hall–Kier alpha value is -8.11. The molecule has 0 atom stereocenters. The van der Waals surface area contributed by atoms with Crippen molar-refractivity contribution in [3.63, 3.8) is 0 Å². The molecule has 0 unspecified atom stereocenters. The molecule has 13 rings (SSSR count). The number of ether oxygens (including phenoxy) is 1. The van der Waals surface area contributed by atoms with Crippen LogP contribution in [-0.4, -0.2) is 14.1 Å². The zero-order chi connectivity index (χ0) is 58.4. The molecule has 4 heterocycles. The molecule has 338 valence electrons. The third kappa shape index (κ3) is 7.11. The summed E-state index contributed by atoms with van der Waals surface area (Å²) in [6.45, 7) is 6.46. The Morgan fingerprint density at radius 1 is 0.557 bits per heavy atom. The third-order valence-corrected chi connectivity index (χ3v) is 12.7. The van der Waals surface area contributed by atoms with Crippen LogP contribution in [0, 0.1) is 18.5 Å². The number of hydrogen-bond donors (Lipinski definition) is 0. The van der Waals surface area contributed by atoms with Gasteiger partial charge in [-0.15, -0.1) is 29.7 Å². The Balaban J connectivity index is 0.00000694. The van der Waals surface area contributed by atoms with Crippen LogP contribution in [-0.2, 0) is 26.5 Å². The molecule has 0 N–H and O–H groups in total. The van der Waals surface area contributed by atoms with E-state index in [1.807, 2.05) is 66.9 Å². The largest absolute Gasteiger partial charge is 0.510 e. The van der Waals surface area contributed by atoms with Gasteiger partial charge in [0, 0.05) is 49.8 Å². The van der Waals surface area contributed by atoms with E-state index in [1.54, 1.807) is 45.5 Å². The predicted octanol–water partition coefficient (Wildman–Crippen LogP) is 15.5. The van der Waals surface area contributed by atoms with Gasteiger partial charge in [0.15, 0.2) is 0 Å².